The molecule has 1 fully saturated rings. The molecule has 0 spiro atoms. The van der Waals surface area contributed by atoms with Gasteiger partial charge in [0.1, 0.15) is 0 Å². The van der Waals surface area contributed by atoms with Gasteiger partial charge in [0.05, 0.1) is 6.54 Å². The minimum absolute atomic E-state index is 0.0587. The van der Waals surface area contributed by atoms with Gasteiger partial charge in [-0.05, 0) is 39.5 Å². The topological polar surface area (TPSA) is 52.7 Å². The first kappa shape index (κ1) is 17.0. The van der Waals surface area contributed by atoms with E-state index in [2.05, 4.69) is 22.4 Å². The predicted octanol–water partition coefficient (Wildman–Crippen LogP) is 1.40. The Labute approximate surface area is 133 Å². The van der Waals surface area contributed by atoms with E-state index in [1.165, 1.54) is 0 Å². The van der Waals surface area contributed by atoms with Gasteiger partial charge in [0, 0.05) is 38.1 Å². The predicted molar refractivity (Wildman–Crippen MR) is 87.4 cm³/mol. The van der Waals surface area contributed by atoms with Gasteiger partial charge in [-0.1, -0.05) is 12.2 Å². The molecule has 2 aliphatic rings. The lowest BCUT2D eigenvalue weighted by Gasteiger charge is -2.35. The van der Waals surface area contributed by atoms with Crippen molar-refractivity contribution in [1.29, 1.82) is 0 Å². The van der Waals surface area contributed by atoms with E-state index in [4.69, 9.17) is 0 Å². The molecule has 5 heteroatoms. The summed E-state index contributed by atoms with van der Waals surface area (Å²) in [5.41, 5.74) is -0.191. The summed E-state index contributed by atoms with van der Waals surface area (Å²) in [4.78, 5) is 28.3. The van der Waals surface area contributed by atoms with Crippen LogP contribution in [-0.2, 0) is 9.59 Å². The lowest BCUT2D eigenvalue weighted by molar-refractivity contribution is -0.134. The van der Waals surface area contributed by atoms with E-state index in [0.29, 0.717) is 18.9 Å². The van der Waals surface area contributed by atoms with Crippen LogP contribution in [0.2, 0.25) is 0 Å². The van der Waals surface area contributed by atoms with Crippen LogP contribution in [0, 0.1) is 5.92 Å². The number of amides is 2. The minimum Gasteiger partial charge on any atom is -0.350 e. The highest BCUT2D eigenvalue weighted by Gasteiger charge is 2.25. The van der Waals surface area contributed by atoms with Crippen molar-refractivity contribution in [2.75, 3.05) is 32.7 Å². The van der Waals surface area contributed by atoms with Gasteiger partial charge in [-0.2, -0.15) is 0 Å². The molecule has 1 N–H and O–H groups in total. The van der Waals surface area contributed by atoms with Crippen molar-refractivity contribution >= 4 is 11.8 Å². The number of rotatable bonds is 4. The Hall–Kier alpha value is -1.36. The average Bonchev–Trinajstić information content (AvgIpc) is 2.90. The molecule has 1 aliphatic carbocycles. The van der Waals surface area contributed by atoms with Crippen molar-refractivity contribution in [2.24, 2.45) is 5.92 Å². The molecule has 1 atom stereocenters. The fourth-order valence-electron chi connectivity index (χ4n) is 3.03. The minimum atomic E-state index is -0.191. The second-order valence-corrected chi connectivity index (χ2v) is 7.42. The van der Waals surface area contributed by atoms with Gasteiger partial charge in [-0.15, -0.1) is 0 Å². The Bertz CT molecular complexity index is 432. The fourth-order valence-corrected chi connectivity index (χ4v) is 3.03. The molecule has 0 aromatic heterocycles. The molecule has 0 radical (unpaired) electrons. The molecule has 1 heterocycles. The Morgan fingerprint density at radius 2 is 1.86 bits per heavy atom. The molecule has 1 saturated heterocycles. The Kier molecular flexibility index (Phi) is 5.62. The van der Waals surface area contributed by atoms with Gasteiger partial charge in [0.25, 0.3) is 0 Å². The smallest absolute Gasteiger partial charge is 0.234 e. The zero-order valence-corrected chi connectivity index (χ0v) is 14.1. The molecule has 0 unspecified atom stereocenters. The number of carbonyl (C=O) groups excluding carboxylic acids is 2. The third-order valence-electron chi connectivity index (χ3n) is 4.16. The molecule has 2 rings (SSSR count). The van der Waals surface area contributed by atoms with Crippen LogP contribution in [0.5, 0.6) is 0 Å². The summed E-state index contributed by atoms with van der Waals surface area (Å²) in [5, 5.41) is 2.98. The second kappa shape index (κ2) is 7.27. The van der Waals surface area contributed by atoms with Gasteiger partial charge in [0.15, 0.2) is 0 Å². The maximum Gasteiger partial charge on any atom is 0.234 e. The van der Waals surface area contributed by atoms with Crippen LogP contribution in [0.25, 0.3) is 0 Å². The molecule has 22 heavy (non-hydrogen) atoms. The lowest BCUT2D eigenvalue weighted by atomic mass is 10.0. The molecule has 0 aromatic rings. The highest BCUT2D eigenvalue weighted by Crippen LogP contribution is 2.21. The zero-order chi connectivity index (χ0) is 16.2. The molecule has 0 saturated carbocycles. The molecule has 5 nitrogen and oxygen atoms in total. The van der Waals surface area contributed by atoms with Crippen LogP contribution >= 0.6 is 0 Å². The summed E-state index contributed by atoms with van der Waals surface area (Å²) in [7, 11) is 0. The fraction of sp³-hybridized carbons (Fsp3) is 0.765. The van der Waals surface area contributed by atoms with Gasteiger partial charge >= 0.3 is 0 Å². The number of nitrogens with one attached hydrogen (secondary N) is 1. The van der Waals surface area contributed by atoms with Crippen LogP contribution in [-0.4, -0.2) is 59.9 Å². The molecule has 2 amide bonds. The average molecular weight is 307 g/mol. The van der Waals surface area contributed by atoms with E-state index in [-0.39, 0.29) is 17.4 Å². The van der Waals surface area contributed by atoms with E-state index < -0.39 is 0 Å². The van der Waals surface area contributed by atoms with Gasteiger partial charge in [-0.3, -0.25) is 14.5 Å². The SMILES string of the molecule is CC(C)(C)NC(=O)CN1CCN(C(=O)C[C@@H]2C=CCC2)CC1. The zero-order valence-electron chi connectivity index (χ0n) is 14.1. The first-order valence-electron chi connectivity index (χ1n) is 8.31. The number of hydrogen-bond acceptors (Lipinski definition) is 3. The lowest BCUT2D eigenvalue weighted by Crippen LogP contribution is -2.53. The Morgan fingerprint density at radius 1 is 1.18 bits per heavy atom. The maximum atomic E-state index is 12.3. The van der Waals surface area contributed by atoms with Crippen LogP contribution in [0.4, 0.5) is 0 Å². The third-order valence-corrected chi connectivity index (χ3v) is 4.16. The number of carbonyl (C=O) groups is 2. The summed E-state index contributed by atoms with van der Waals surface area (Å²) in [5.74, 6) is 0.752. The van der Waals surface area contributed by atoms with E-state index in [1.807, 2.05) is 25.7 Å². The summed E-state index contributed by atoms with van der Waals surface area (Å²) in [6.45, 7) is 9.41. The van der Waals surface area contributed by atoms with Crippen LogP contribution < -0.4 is 5.32 Å². The van der Waals surface area contributed by atoms with Gasteiger partial charge in [-0.25, -0.2) is 0 Å². The molecule has 124 valence electrons. The van der Waals surface area contributed by atoms with E-state index >= 15 is 0 Å². The number of allylic oxidation sites excluding steroid dienone is 2. The van der Waals surface area contributed by atoms with Crippen LogP contribution in [0.15, 0.2) is 12.2 Å². The molecule has 0 aromatic carbocycles. The van der Waals surface area contributed by atoms with Crippen molar-refractivity contribution in [3.63, 3.8) is 0 Å². The van der Waals surface area contributed by atoms with Gasteiger partial charge < -0.3 is 10.2 Å². The maximum absolute atomic E-state index is 12.3. The first-order valence-corrected chi connectivity index (χ1v) is 8.31. The van der Waals surface area contributed by atoms with Crippen LogP contribution in [0.3, 0.4) is 0 Å². The van der Waals surface area contributed by atoms with Crippen molar-refractivity contribution in [3.05, 3.63) is 12.2 Å². The van der Waals surface area contributed by atoms with Crippen molar-refractivity contribution in [3.8, 4) is 0 Å². The summed E-state index contributed by atoms with van der Waals surface area (Å²) < 4.78 is 0. The molecular formula is C17H29N3O2. The number of hydrogen-bond donors (Lipinski definition) is 1. The summed E-state index contributed by atoms with van der Waals surface area (Å²) in [6, 6.07) is 0. The largest absolute Gasteiger partial charge is 0.350 e. The van der Waals surface area contributed by atoms with Crippen molar-refractivity contribution in [1.82, 2.24) is 15.1 Å². The highest BCUT2D eigenvalue weighted by molar-refractivity contribution is 5.79. The monoisotopic (exact) mass is 307 g/mol. The quantitative estimate of drug-likeness (QED) is 0.799. The molecule has 1 aliphatic heterocycles. The standard InChI is InChI=1S/C17H29N3O2/c1-17(2,3)18-15(21)13-19-8-10-20(11-9-19)16(22)12-14-6-4-5-7-14/h4,6,14H,5,7-13H2,1-3H3,(H,18,21)/t14-/m1/s1. The van der Waals surface area contributed by atoms with Crippen LogP contribution in [0.1, 0.15) is 40.0 Å². The third kappa shape index (κ3) is 5.44. The Morgan fingerprint density at radius 3 is 2.41 bits per heavy atom. The number of piperazine rings is 1. The second-order valence-electron chi connectivity index (χ2n) is 7.42. The van der Waals surface area contributed by atoms with Crippen molar-refractivity contribution in [2.45, 2.75) is 45.6 Å². The molecule has 0 bridgehead atoms. The Balaban J connectivity index is 1.70. The number of nitrogens with zero attached hydrogens (tertiary/aromatic N) is 2. The normalized spacial score (nSPS) is 22.9. The van der Waals surface area contributed by atoms with Gasteiger partial charge in [0.2, 0.25) is 11.8 Å². The summed E-state index contributed by atoms with van der Waals surface area (Å²) in [6.07, 6.45) is 7.20. The highest BCUT2D eigenvalue weighted by atomic mass is 16.2. The van der Waals surface area contributed by atoms with E-state index in [1.54, 1.807) is 0 Å². The summed E-state index contributed by atoms with van der Waals surface area (Å²) >= 11 is 0. The molecular weight excluding hydrogens is 278 g/mol. The first-order chi connectivity index (χ1) is 10.3. The van der Waals surface area contributed by atoms with Crippen molar-refractivity contribution < 1.29 is 9.59 Å². The van der Waals surface area contributed by atoms with E-state index in [9.17, 15) is 9.59 Å². The van der Waals surface area contributed by atoms with E-state index in [0.717, 1.165) is 39.0 Å².